The monoisotopic (exact) mass is 293 g/mol. The normalized spacial score (nSPS) is 12.6. The molecular weight excluding hydrogens is 270 g/mol. The van der Waals surface area contributed by atoms with Crippen molar-refractivity contribution >= 4 is 11.9 Å². The number of carboxylic acids is 2. The van der Waals surface area contributed by atoms with E-state index in [1.165, 1.54) is 0 Å². The maximum atomic E-state index is 11.0. The van der Waals surface area contributed by atoms with Crippen LogP contribution in [0.1, 0.15) is 36.7 Å². The van der Waals surface area contributed by atoms with E-state index in [-0.39, 0.29) is 5.56 Å². The van der Waals surface area contributed by atoms with Crippen molar-refractivity contribution in [2.45, 2.75) is 27.3 Å². The third-order valence-corrected chi connectivity index (χ3v) is 3.16. The molecule has 2 N–H and O–H groups in total. The minimum Gasteiger partial charge on any atom is -0.481 e. The van der Waals surface area contributed by atoms with Gasteiger partial charge >= 0.3 is 11.9 Å². The SMILES string of the molecule is CC(C)CN(Cc1cccc(C(=O)O)c1)CC(C)C(=O)O. The topological polar surface area (TPSA) is 77.8 Å². The smallest absolute Gasteiger partial charge is 0.335 e. The lowest BCUT2D eigenvalue weighted by Crippen LogP contribution is -2.34. The van der Waals surface area contributed by atoms with Crippen molar-refractivity contribution in [1.29, 1.82) is 0 Å². The van der Waals surface area contributed by atoms with Crippen LogP contribution in [0.4, 0.5) is 0 Å². The molecule has 1 unspecified atom stereocenters. The van der Waals surface area contributed by atoms with Crippen LogP contribution in [0.3, 0.4) is 0 Å². The van der Waals surface area contributed by atoms with Crippen molar-refractivity contribution in [2.75, 3.05) is 13.1 Å². The fourth-order valence-corrected chi connectivity index (χ4v) is 2.25. The largest absolute Gasteiger partial charge is 0.481 e. The predicted molar refractivity (Wildman–Crippen MR) is 80.3 cm³/mol. The first-order valence-electron chi connectivity index (χ1n) is 7.07. The Kier molecular flexibility index (Phi) is 6.37. The quantitative estimate of drug-likeness (QED) is 0.770. The molecule has 0 aromatic heterocycles. The van der Waals surface area contributed by atoms with Gasteiger partial charge < -0.3 is 10.2 Å². The van der Waals surface area contributed by atoms with Crippen LogP contribution in [0, 0.1) is 11.8 Å². The number of aliphatic carboxylic acids is 1. The van der Waals surface area contributed by atoms with E-state index >= 15 is 0 Å². The summed E-state index contributed by atoms with van der Waals surface area (Å²) in [5.41, 5.74) is 1.14. The summed E-state index contributed by atoms with van der Waals surface area (Å²) in [6.07, 6.45) is 0. The van der Waals surface area contributed by atoms with Gasteiger partial charge in [0.05, 0.1) is 11.5 Å². The van der Waals surface area contributed by atoms with Gasteiger partial charge in [0.15, 0.2) is 0 Å². The van der Waals surface area contributed by atoms with E-state index in [1.54, 1.807) is 25.1 Å². The Labute approximate surface area is 125 Å². The molecule has 116 valence electrons. The minimum atomic E-state index is -0.953. The number of aromatic carboxylic acids is 1. The Morgan fingerprint density at radius 2 is 1.81 bits per heavy atom. The van der Waals surface area contributed by atoms with Crippen LogP contribution in [-0.4, -0.2) is 40.1 Å². The molecule has 0 fully saturated rings. The minimum absolute atomic E-state index is 0.253. The number of hydrogen-bond donors (Lipinski definition) is 2. The summed E-state index contributed by atoms with van der Waals surface area (Å²) < 4.78 is 0. The van der Waals surface area contributed by atoms with Crippen LogP contribution in [-0.2, 0) is 11.3 Å². The predicted octanol–water partition coefficient (Wildman–Crippen LogP) is 2.56. The van der Waals surface area contributed by atoms with Crippen LogP contribution in [0.5, 0.6) is 0 Å². The highest BCUT2D eigenvalue weighted by atomic mass is 16.4. The van der Waals surface area contributed by atoms with Crippen LogP contribution in [0.15, 0.2) is 24.3 Å². The molecule has 21 heavy (non-hydrogen) atoms. The molecule has 0 bridgehead atoms. The molecule has 1 rings (SSSR count). The standard InChI is InChI=1S/C16H23NO4/c1-11(2)8-17(9-12(3)15(18)19)10-13-5-4-6-14(7-13)16(20)21/h4-7,11-12H,8-10H2,1-3H3,(H,18,19)(H,20,21). The Morgan fingerprint density at radius 3 is 2.33 bits per heavy atom. The highest BCUT2D eigenvalue weighted by molar-refractivity contribution is 5.87. The van der Waals surface area contributed by atoms with Crippen molar-refractivity contribution in [2.24, 2.45) is 11.8 Å². The second-order valence-corrected chi connectivity index (χ2v) is 5.83. The zero-order chi connectivity index (χ0) is 16.0. The second-order valence-electron chi connectivity index (χ2n) is 5.83. The first kappa shape index (κ1) is 17.2. The molecule has 1 aromatic rings. The number of nitrogens with zero attached hydrogens (tertiary/aromatic N) is 1. The Bertz CT molecular complexity index is 499. The fraction of sp³-hybridized carbons (Fsp3) is 0.500. The number of rotatable bonds is 8. The molecule has 0 aliphatic heterocycles. The summed E-state index contributed by atoms with van der Waals surface area (Å²) >= 11 is 0. The highest BCUT2D eigenvalue weighted by Gasteiger charge is 2.17. The molecule has 0 spiro atoms. The molecule has 0 amide bonds. The van der Waals surface area contributed by atoms with Crippen molar-refractivity contribution < 1.29 is 19.8 Å². The molecule has 0 saturated carbocycles. The highest BCUT2D eigenvalue weighted by Crippen LogP contribution is 2.12. The zero-order valence-corrected chi connectivity index (χ0v) is 12.7. The summed E-state index contributed by atoms with van der Waals surface area (Å²) in [5, 5.41) is 18.1. The Hall–Kier alpha value is -1.88. The van der Waals surface area contributed by atoms with Gasteiger partial charge in [-0.1, -0.05) is 32.9 Å². The molecule has 1 atom stereocenters. The van der Waals surface area contributed by atoms with E-state index in [1.807, 2.05) is 6.07 Å². The van der Waals surface area contributed by atoms with Gasteiger partial charge in [-0.05, 0) is 23.6 Å². The number of carbonyl (C=O) groups is 2. The molecular formula is C16H23NO4. The van der Waals surface area contributed by atoms with E-state index in [4.69, 9.17) is 10.2 Å². The van der Waals surface area contributed by atoms with Crippen molar-refractivity contribution in [3.05, 3.63) is 35.4 Å². The lowest BCUT2D eigenvalue weighted by molar-refractivity contribution is -0.141. The maximum absolute atomic E-state index is 11.0. The summed E-state index contributed by atoms with van der Waals surface area (Å²) in [5.74, 6) is -1.81. The third-order valence-electron chi connectivity index (χ3n) is 3.16. The van der Waals surface area contributed by atoms with Crippen molar-refractivity contribution in [3.63, 3.8) is 0 Å². The summed E-state index contributed by atoms with van der Waals surface area (Å²) in [6.45, 7) is 7.61. The zero-order valence-electron chi connectivity index (χ0n) is 12.7. The van der Waals surface area contributed by atoms with Crippen LogP contribution < -0.4 is 0 Å². The summed E-state index contributed by atoms with van der Waals surface area (Å²) in [6, 6.07) is 6.78. The van der Waals surface area contributed by atoms with Crippen molar-refractivity contribution in [1.82, 2.24) is 4.90 Å². The lowest BCUT2D eigenvalue weighted by Gasteiger charge is -2.26. The number of benzene rings is 1. The fourth-order valence-electron chi connectivity index (χ4n) is 2.25. The summed E-state index contributed by atoms with van der Waals surface area (Å²) in [4.78, 5) is 24.1. The molecule has 0 saturated heterocycles. The van der Waals surface area contributed by atoms with E-state index in [9.17, 15) is 9.59 Å². The van der Waals surface area contributed by atoms with Gasteiger partial charge in [0, 0.05) is 19.6 Å². The van der Waals surface area contributed by atoms with Gasteiger partial charge in [-0.2, -0.15) is 0 Å². The van der Waals surface area contributed by atoms with Gasteiger partial charge in [-0.3, -0.25) is 9.69 Å². The molecule has 0 aliphatic carbocycles. The van der Waals surface area contributed by atoms with Crippen molar-refractivity contribution in [3.8, 4) is 0 Å². The first-order chi connectivity index (χ1) is 9.79. The molecule has 0 radical (unpaired) electrons. The van der Waals surface area contributed by atoms with Gasteiger partial charge in [0.1, 0.15) is 0 Å². The number of hydrogen-bond acceptors (Lipinski definition) is 3. The lowest BCUT2D eigenvalue weighted by atomic mass is 10.1. The first-order valence-corrected chi connectivity index (χ1v) is 7.07. The average Bonchev–Trinajstić information content (AvgIpc) is 2.37. The van der Waals surface area contributed by atoms with Gasteiger partial charge in [-0.25, -0.2) is 4.79 Å². The van der Waals surface area contributed by atoms with Crippen LogP contribution in [0.25, 0.3) is 0 Å². The Balaban J connectivity index is 2.82. The van der Waals surface area contributed by atoms with E-state index in [2.05, 4.69) is 18.7 Å². The van der Waals surface area contributed by atoms with Crippen LogP contribution >= 0.6 is 0 Å². The number of carboxylic acid groups (broad SMARTS) is 2. The molecule has 0 aliphatic rings. The molecule has 0 heterocycles. The summed E-state index contributed by atoms with van der Waals surface area (Å²) in [7, 11) is 0. The molecule has 5 nitrogen and oxygen atoms in total. The average molecular weight is 293 g/mol. The third kappa shape index (κ3) is 5.95. The maximum Gasteiger partial charge on any atom is 0.335 e. The van der Waals surface area contributed by atoms with E-state index in [0.717, 1.165) is 12.1 Å². The Morgan fingerprint density at radius 1 is 1.14 bits per heavy atom. The molecule has 5 heteroatoms. The van der Waals surface area contributed by atoms with Gasteiger partial charge in [-0.15, -0.1) is 0 Å². The van der Waals surface area contributed by atoms with E-state index in [0.29, 0.717) is 19.0 Å². The van der Waals surface area contributed by atoms with Crippen LogP contribution in [0.2, 0.25) is 0 Å². The van der Waals surface area contributed by atoms with Gasteiger partial charge in [0.25, 0.3) is 0 Å². The second kappa shape index (κ2) is 7.78. The van der Waals surface area contributed by atoms with Gasteiger partial charge in [0.2, 0.25) is 0 Å². The van der Waals surface area contributed by atoms with E-state index < -0.39 is 17.9 Å². The molecule has 1 aromatic carbocycles.